The van der Waals surface area contributed by atoms with Gasteiger partial charge in [-0.05, 0) is 18.9 Å². The van der Waals surface area contributed by atoms with Crippen LogP contribution in [0.3, 0.4) is 0 Å². The number of nitrogens with zero attached hydrogens (tertiary/aromatic N) is 1. The van der Waals surface area contributed by atoms with Gasteiger partial charge >= 0.3 is 0 Å². The lowest BCUT2D eigenvalue weighted by molar-refractivity contribution is -0.144. The lowest BCUT2D eigenvalue weighted by atomic mass is 9.78. The molecule has 0 bridgehead atoms. The van der Waals surface area contributed by atoms with Gasteiger partial charge in [-0.2, -0.15) is 0 Å². The van der Waals surface area contributed by atoms with E-state index in [1.807, 2.05) is 35.2 Å². The van der Waals surface area contributed by atoms with Gasteiger partial charge in [0.25, 0.3) is 6.47 Å². The maximum absolute atomic E-state index is 12.1. The number of ether oxygens (including phenoxy) is 1. The molecule has 2 heterocycles. The third kappa shape index (κ3) is 2.09. The van der Waals surface area contributed by atoms with Crippen molar-refractivity contribution in [2.24, 2.45) is 0 Å². The summed E-state index contributed by atoms with van der Waals surface area (Å²) in [5, 5.41) is 0. The topological polar surface area (TPSA) is 46.6 Å². The average Bonchev–Trinajstić information content (AvgIpc) is 2.75. The Bertz CT molecular complexity index is 516. The summed E-state index contributed by atoms with van der Waals surface area (Å²) in [5.41, 5.74) is 0.969. The molecule has 106 valence electrons. The minimum atomic E-state index is -0.157. The van der Waals surface area contributed by atoms with Gasteiger partial charge in [-0.15, -0.1) is 0 Å². The Balaban J connectivity index is 1.92. The number of benzene rings is 1. The largest absolute Gasteiger partial charge is 0.464 e. The van der Waals surface area contributed by atoms with Crippen LogP contribution in [0.1, 0.15) is 37.7 Å². The Morgan fingerprint density at radius 1 is 1.35 bits per heavy atom. The fourth-order valence-electron chi connectivity index (χ4n) is 3.61. The number of amides is 1. The van der Waals surface area contributed by atoms with E-state index in [1.165, 1.54) is 0 Å². The van der Waals surface area contributed by atoms with Gasteiger partial charge in [-0.1, -0.05) is 30.3 Å². The summed E-state index contributed by atoms with van der Waals surface area (Å²) >= 11 is 0. The lowest BCUT2D eigenvalue weighted by Crippen LogP contribution is -2.54. The van der Waals surface area contributed by atoms with Crippen LogP contribution in [-0.4, -0.2) is 35.5 Å². The zero-order valence-electron chi connectivity index (χ0n) is 11.6. The molecule has 0 saturated carbocycles. The van der Waals surface area contributed by atoms with Crippen LogP contribution in [0.2, 0.25) is 0 Å². The van der Waals surface area contributed by atoms with E-state index in [4.69, 9.17) is 4.74 Å². The summed E-state index contributed by atoms with van der Waals surface area (Å²) in [6.07, 6.45) is 2.02. The van der Waals surface area contributed by atoms with Crippen LogP contribution in [0.15, 0.2) is 30.3 Å². The first-order valence-electron chi connectivity index (χ1n) is 7.08. The van der Waals surface area contributed by atoms with Crippen molar-refractivity contribution in [3.05, 3.63) is 35.9 Å². The van der Waals surface area contributed by atoms with Gasteiger partial charge in [0.15, 0.2) is 0 Å². The molecule has 2 fully saturated rings. The normalized spacial score (nSPS) is 32.9. The molecule has 2 aliphatic heterocycles. The highest BCUT2D eigenvalue weighted by Crippen LogP contribution is 2.43. The number of hydrogen-bond donors (Lipinski definition) is 0. The van der Waals surface area contributed by atoms with Crippen LogP contribution in [0.25, 0.3) is 0 Å². The first-order chi connectivity index (χ1) is 9.64. The smallest absolute Gasteiger partial charge is 0.293 e. The molecule has 0 radical (unpaired) electrons. The number of piperidine rings is 1. The van der Waals surface area contributed by atoms with Gasteiger partial charge < -0.3 is 9.64 Å². The van der Waals surface area contributed by atoms with Crippen molar-refractivity contribution in [1.82, 2.24) is 4.90 Å². The van der Waals surface area contributed by atoms with Crippen LogP contribution in [0, 0.1) is 0 Å². The van der Waals surface area contributed by atoms with Crippen LogP contribution in [-0.2, 0) is 14.3 Å². The highest BCUT2D eigenvalue weighted by Gasteiger charge is 2.50. The average molecular weight is 273 g/mol. The maximum atomic E-state index is 12.1. The Kier molecular flexibility index (Phi) is 3.24. The Labute approximate surface area is 118 Å². The molecule has 1 aromatic rings. The predicted molar refractivity (Wildman–Crippen MR) is 74.1 cm³/mol. The second kappa shape index (κ2) is 4.93. The number of hydrogen-bond acceptors (Lipinski definition) is 3. The first-order valence-corrected chi connectivity index (χ1v) is 7.08. The van der Waals surface area contributed by atoms with E-state index in [2.05, 4.69) is 6.92 Å². The summed E-state index contributed by atoms with van der Waals surface area (Å²) < 4.78 is 5.34. The molecule has 20 heavy (non-hydrogen) atoms. The predicted octanol–water partition coefficient (Wildman–Crippen LogP) is 2.10. The minimum absolute atomic E-state index is 0.0662. The monoisotopic (exact) mass is 273 g/mol. The third-order valence-electron chi connectivity index (χ3n) is 4.76. The maximum Gasteiger partial charge on any atom is 0.293 e. The van der Waals surface area contributed by atoms with Crippen molar-refractivity contribution in [3.8, 4) is 0 Å². The van der Waals surface area contributed by atoms with Gasteiger partial charge in [-0.3, -0.25) is 9.59 Å². The molecule has 4 heteroatoms. The van der Waals surface area contributed by atoms with Crippen molar-refractivity contribution in [2.45, 2.75) is 43.7 Å². The summed E-state index contributed by atoms with van der Waals surface area (Å²) in [5.74, 6) is 0.287. The van der Waals surface area contributed by atoms with Crippen molar-refractivity contribution in [1.29, 1.82) is 0 Å². The molecule has 0 aliphatic carbocycles. The van der Waals surface area contributed by atoms with E-state index >= 15 is 0 Å². The SMILES string of the molecule is C[C@]12CCC(=O)N1C[C@H](c1ccccc1)[C@@H](OC=O)C2. The molecule has 4 nitrogen and oxygen atoms in total. The van der Waals surface area contributed by atoms with Crippen LogP contribution < -0.4 is 0 Å². The van der Waals surface area contributed by atoms with E-state index in [0.29, 0.717) is 19.4 Å². The quantitative estimate of drug-likeness (QED) is 0.792. The van der Waals surface area contributed by atoms with Gasteiger partial charge in [0.05, 0.1) is 0 Å². The van der Waals surface area contributed by atoms with Crippen molar-refractivity contribution in [2.75, 3.05) is 6.54 Å². The molecule has 2 aliphatic rings. The van der Waals surface area contributed by atoms with Crippen LogP contribution >= 0.6 is 0 Å². The second-order valence-electron chi connectivity index (χ2n) is 5.99. The zero-order valence-corrected chi connectivity index (χ0v) is 11.6. The Morgan fingerprint density at radius 2 is 2.10 bits per heavy atom. The molecule has 1 amide bonds. The van der Waals surface area contributed by atoms with Crippen LogP contribution in [0.4, 0.5) is 0 Å². The molecule has 3 rings (SSSR count). The van der Waals surface area contributed by atoms with E-state index in [1.54, 1.807) is 0 Å². The number of fused-ring (bicyclic) bond motifs is 1. The standard InChI is InChI=1S/C16H19NO3/c1-16-8-7-15(19)17(16)10-13(14(9-16)20-11-18)12-5-3-2-4-6-12/h2-6,11,13-14H,7-10H2,1H3/t13-,14+,16-/m1/s1. The van der Waals surface area contributed by atoms with Crippen molar-refractivity contribution < 1.29 is 14.3 Å². The third-order valence-corrected chi connectivity index (χ3v) is 4.76. The summed E-state index contributed by atoms with van der Waals surface area (Å²) in [6.45, 7) is 3.27. The number of carbonyl (C=O) groups excluding carboxylic acids is 2. The fourth-order valence-corrected chi connectivity index (χ4v) is 3.61. The van der Waals surface area contributed by atoms with Crippen LogP contribution in [0.5, 0.6) is 0 Å². The van der Waals surface area contributed by atoms with Gasteiger partial charge in [0.2, 0.25) is 5.91 Å². The number of rotatable bonds is 3. The first kappa shape index (κ1) is 13.2. The molecule has 2 saturated heterocycles. The summed E-state index contributed by atoms with van der Waals surface area (Å²) in [6, 6.07) is 10.00. The van der Waals surface area contributed by atoms with Gasteiger partial charge in [0, 0.05) is 30.8 Å². The molecule has 0 aromatic heterocycles. The molecular weight excluding hydrogens is 254 g/mol. The van der Waals surface area contributed by atoms with Crippen molar-refractivity contribution in [3.63, 3.8) is 0 Å². The van der Waals surface area contributed by atoms with Gasteiger partial charge in [0.1, 0.15) is 6.10 Å². The molecule has 1 aromatic carbocycles. The van der Waals surface area contributed by atoms with E-state index < -0.39 is 0 Å². The minimum Gasteiger partial charge on any atom is -0.464 e. The number of carbonyl (C=O) groups is 2. The molecule has 0 unspecified atom stereocenters. The fraction of sp³-hybridized carbons (Fsp3) is 0.500. The van der Waals surface area contributed by atoms with Crippen molar-refractivity contribution >= 4 is 12.4 Å². The van der Waals surface area contributed by atoms with E-state index in [0.717, 1.165) is 18.4 Å². The molecular formula is C16H19NO3. The zero-order chi connectivity index (χ0) is 14.2. The second-order valence-corrected chi connectivity index (χ2v) is 5.99. The highest BCUT2D eigenvalue weighted by molar-refractivity contribution is 5.80. The molecule has 0 N–H and O–H groups in total. The Hall–Kier alpha value is -1.84. The van der Waals surface area contributed by atoms with E-state index in [-0.39, 0.29) is 23.5 Å². The lowest BCUT2D eigenvalue weighted by Gasteiger charge is -2.46. The van der Waals surface area contributed by atoms with Gasteiger partial charge in [-0.25, -0.2) is 0 Å². The Morgan fingerprint density at radius 3 is 2.80 bits per heavy atom. The van der Waals surface area contributed by atoms with E-state index in [9.17, 15) is 9.59 Å². The molecule has 0 spiro atoms. The highest BCUT2D eigenvalue weighted by atomic mass is 16.5. The summed E-state index contributed by atoms with van der Waals surface area (Å²) in [7, 11) is 0. The summed E-state index contributed by atoms with van der Waals surface area (Å²) in [4.78, 5) is 24.9. The molecule has 3 atom stereocenters.